The maximum atomic E-state index is 12.9. The normalized spacial score (nSPS) is 16.7. The van der Waals surface area contributed by atoms with Crippen molar-refractivity contribution in [2.75, 3.05) is 19.9 Å². The van der Waals surface area contributed by atoms with Crippen molar-refractivity contribution >= 4 is 28.7 Å². The number of nitrogens with one attached hydrogen (secondary N) is 1. The maximum absolute atomic E-state index is 12.9. The molecule has 2 aliphatic heterocycles. The molecule has 1 atom stereocenters. The number of nitrogens with zero attached hydrogens (tertiary/aromatic N) is 4. The molecule has 4 aromatic rings. The number of aromatic amines is 1. The number of non-ortho nitro benzene ring substituents is 1. The van der Waals surface area contributed by atoms with Crippen molar-refractivity contribution in [3.63, 3.8) is 0 Å². The average Bonchev–Trinajstić information content (AvgIpc) is 3.59. The number of piperidine rings is 1. The molecule has 0 bridgehead atoms. The Kier molecular flexibility index (Phi) is 6.08. The largest absolute Gasteiger partial charge is 0.472 e. The molecule has 1 N–H and O–H groups in total. The van der Waals surface area contributed by atoms with Crippen molar-refractivity contribution in [2.24, 2.45) is 0 Å². The lowest BCUT2D eigenvalue weighted by molar-refractivity contribution is -0.384. The first-order valence-corrected chi connectivity index (χ1v) is 12.2. The third-order valence-electron chi connectivity index (χ3n) is 6.61. The van der Waals surface area contributed by atoms with Crippen LogP contribution in [-0.2, 0) is 4.79 Å². The SMILES string of the molecule is O=C(/C=C/c1ccc([N+](=O)[O-])cc1)N1CCC[C@@H](Oc2ncnc3[nH]cc(-c4ccc5c(c4)OCO5)c23)C1. The third kappa shape index (κ3) is 4.61. The average molecular weight is 514 g/mol. The van der Waals surface area contributed by atoms with Crippen molar-refractivity contribution in [2.45, 2.75) is 18.9 Å². The number of likely N-dealkylation sites (tertiary alicyclic amines) is 1. The highest BCUT2D eigenvalue weighted by molar-refractivity contribution is 5.97. The molecule has 11 nitrogen and oxygen atoms in total. The van der Waals surface area contributed by atoms with Crippen LogP contribution >= 0.6 is 0 Å². The van der Waals surface area contributed by atoms with Gasteiger partial charge in [-0.3, -0.25) is 14.9 Å². The van der Waals surface area contributed by atoms with Gasteiger partial charge in [0.25, 0.3) is 5.69 Å². The van der Waals surface area contributed by atoms with Gasteiger partial charge >= 0.3 is 0 Å². The summed E-state index contributed by atoms with van der Waals surface area (Å²) in [5, 5.41) is 11.6. The highest BCUT2D eigenvalue weighted by Gasteiger charge is 2.26. The third-order valence-corrected chi connectivity index (χ3v) is 6.61. The summed E-state index contributed by atoms with van der Waals surface area (Å²) in [6.45, 7) is 1.23. The van der Waals surface area contributed by atoms with Gasteiger partial charge in [-0.2, -0.15) is 0 Å². The zero-order chi connectivity index (χ0) is 26.1. The Balaban J connectivity index is 1.18. The van der Waals surface area contributed by atoms with Gasteiger partial charge in [0.1, 0.15) is 18.1 Å². The minimum absolute atomic E-state index is 0.00688. The number of aromatic nitrogens is 3. The summed E-state index contributed by atoms with van der Waals surface area (Å²) >= 11 is 0. The molecule has 0 saturated carbocycles. The van der Waals surface area contributed by atoms with Crippen LogP contribution in [0.3, 0.4) is 0 Å². The van der Waals surface area contributed by atoms with E-state index in [0.717, 1.165) is 29.4 Å². The molecule has 38 heavy (non-hydrogen) atoms. The lowest BCUT2D eigenvalue weighted by atomic mass is 10.1. The van der Waals surface area contributed by atoms with E-state index in [2.05, 4.69) is 15.0 Å². The molecule has 2 aromatic heterocycles. The first-order chi connectivity index (χ1) is 18.5. The lowest BCUT2D eigenvalue weighted by Gasteiger charge is -2.32. The summed E-state index contributed by atoms with van der Waals surface area (Å²) in [5.74, 6) is 1.69. The molecular formula is C27H23N5O6. The van der Waals surface area contributed by atoms with Crippen molar-refractivity contribution in [3.05, 3.63) is 76.7 Å². The van der Waals surface area contributed by atoms with Gasteiger partial charge in [0.2, 0.25) is 18.6 Å². The number of fused-ring (bicyclic) bond motifs is 2. The van der Waals surface area contributed by atoms with E-state index >= 15 is 0 Å². The van der Waals surface area contributed by atoms with Gasteiger partial charge in [0.15, 0.2) is 11.5 Å². The Bertz CT molecular complexity index is 1550. The lowest BCUT2D eigenvalue weighted by Crippen LogP contribution is -2.43. The van der Waals surface area contributed by atoms with Crippen LogP contribution in [0.1, 0.15) is 18.4 Å². The molecule has 1 saturated heterocycles. The van der Waals surface area contributed by atoms with Crippen LogP contribution < -0.4 is 14.2 Å². The molecule has 0 spiro atoms. The minimum atomic E-state index is -0.455. The van der Waals surface area contributed by atoms with E-state index in [1.54, 1.807) is 23.1 Å². The Morgan fingerprint density at radius 1 is 1.16 bits per heavy atom. The Morgan fingerprint density at radius 2 is 2.00 bits per heavy atom. The Labute approximate surface area is 216 Å². The monoisotopic (exact) mass is 513 g/mol. The van der Waals surface area contributed by atoms with Crippen LogP contribution in [0.25, 0.3) is 28.2 Å². The quantitative estimate of drug-likeness (QED) is 0.229. The number of nitro benzene ring substituents is 1. The Hall–Kier alpha value is -4.93. The molecule has 2 aliphatic rings. The molecule has 192 valence electrons. The van der Waals surface area contributed by atoms with Crippen LogP contribution in [0.4, 0.5) is 5.69 Å². The van der Waals surface area contributed by atoms with Crippen LogP contribution in [0.5, 0.6) is 17.4 Å². The zero-order valence-electron chi connectivity index (χ0n) is 20.2. The molecule has 2 aromatic carbocycles. The predicted octanol–water partition coefficient (Wildman–Crippen LogP) is 4.35. The van der Waals surface area contributed by atoms with Crippen molar-refractivity contribution in [1.82, 2.24) is 19.9 Å². The van der Waals surface area contributed by atoms with Crippen LogP contribution in [0.15, 0.2) is 61.1 Å². The topological polar surface area (TPSA) is 133 Å². The van der Waals surface area contributed by atoms with E-state index in [1.165, 1.54) is 24.5 Å². The molecule has 11 heteroatoms. The first kappa shape index (κ1) is 23.5. The van der Waals surface area contributed by atoms with Gasteiger partial charge in [-0.25, -0.2) is 9.97 Å². The van der Waals surface area contributed by atoms with Gasteiger partial charge < -0.3 is 24.1 Å². The number of amides is 1. The molecule has 1 fully saturated rings. The smallest absolute Gasteiger partial charge is 0.269 e. The zero-order valence-corrected chi connectivity index (χ0v) is 20.2. The van der Waals surface area contributed by atoms with Gasteiger partial charge in [-0.05, 0) is 54.3 Å². The number of rotatable bonds is 6. The second-order valence-electron chi connectivity index (χ2n) is 9.02. The van der Waals surface area contributed by atoms with Crippen molar-refractivity contribution in [3.8, 4) is 28.5 Å². The highest BCUT2D eigenvalue weighted by atomic mass is 16.7. The number of ether oxygens (including phenoxy) is 3. The number of hydrogen-bond donors (Lipinski definition) is 1. The first-order valence-electron chi connectivity index (χ1n) is 12.2. The molecule has 0 unspecified atom stereocenters. The fraction of sp³-hybridized carbons (Fsp3) is 0.222. The maximum Gasteiger partial charge on any atom is 0.269 e. The van der Waals surface area contributed by atoms with Crippen molar-refractivity contribution < 1.29 is 23.9 Å². The fourth-order valence-electron chi connectivity index (χ4n) is 4.69. The predicted molar refractivity (Wildman–Crippen MR) is 138 cm³/mol. The minimum Gasteiger partial charge on any atom is -0.472 e. The summed E-state index contributed by atoms with van der Waals surface area (Å²) < 4.78 is 17.3. The summed E-state index contributed by atoms with van der Waals surface area (Å²) in [5.41, 5.74) is 3.16. The standard InChI is InChI=1S/C27H23N5O6/c33-24(10-5-17-3-7-19(8-4-17)32(34)35)31-11-1-2-20(14-31)38-27-25-21(13-28-26(25)29-15-30-27)18-6-9-22-23(12-18)37-16-36-22/h3-10,12-13,15,20H,1-2,11,14,16H2,(H,28,29,30)/b10-5+/t20-/m1/s1. The van der Waals surface area contributed by atoms with Crippen molar-refractivity contribution in [1.29, 1.82) is 0 Å². The summed E-state index contributed by atoms with van der Waals surface area (Å²) in [4.78, 5) is 36.9. The van der Waals surface area contributed by atoms with Crippen LogP contribution in [0.2, 0.25) is 0 Å². The fourth-order valence-corrected chi connectivity index (χ4v) is 4.69. The summed E-state index contributed by atoms with van der Waals surface area (Å²) in [6.07, 6.45) is 7.79. The second-order valence-corrected chi connectivity index (χ2v) is 9.02. The van der Waals surface area contributed by atoms with Gasteiger partial charge in [0, 0.05) is 36.5 Å². The molecule has 0 radical (unpaired) electrons. The number of benzene rings is 2. The van der Waals surface area contributed by atoms with Gasteiger partial charge in [-0.1, -0.05) is 6.07 Å². The highest BCUT2D eigenvalue weighted by Crippen LogP contribution is 2.39. The molecule has 4 heterocycles. The van der Waals surface area contributed by atoms with E-state index in [4.69, 9.17) is 14.2 Å². The molecule has 6 rings (SSSR count). The number of H-pyrrole nitrogens is 1. The summed E-state index contributed by atoms with van der Waals surface area (Å²) in [7, 11) is 0. The number of carbonyl (C=O) groups is 1. The molecule has 0 aliphatic carbocycles. The van der Waals surface area contributed by atoms with E-state index in [9.17, 15) is 14.9 Å². The van der Waals surface area contributed by atoms with Crippen LogP contribution in [0, 0.1) is 10.1 Å². The number of hydrogen-bond acceptors (Lipinski definition) is 8. The molecule has 1 amide bonds. The second kappa shape index (κ2) is 9.85. The Morgan fingerprint density at radius 3 is 2.84 bits per heavy atom. The van der Waals surface area contributed by atoms with E-state index in [1.807, 2.05) is 24.4 Å². The van der Waals surface area contributed by atoms with Crippen LogP contribution in [-0.4, -0.2) is 56.7 Å². The van der Waals surface area contributed by atoms with Gasteiger partial charge in [-0.15, -0.1) is 0 Å². The van der Waals surface area contributed by atoms with E-state index < -0.39 is 4.92 Å². The number of nitro groups is 1. The van der Waals surface area contributed by atoms with Gasteiger partial charge in [0.05, 0.1) is 16.9 Å². The van der Waals surface area contributed by atoms with E-state index in [-0.39, 0.29) is 24.5 Å². The number of carbonyl (C=O) groups excluding carboxylic acids is 1. The summed E-state index contributed by atoms with van der Waals surface area (Å²) in [6, 6.07) is 11.8. The molecular weight excluding hydrogens is 490 g/mol. The van der Waals surface area contributed by atoms with E-state index in [0.29, 0.717) is 41.7 Å².